The molecule has 8 heteroatoms. The molecule has 0 spiro atoms. The number of carboxylic acids is 1. The van der Waals surface area contributed by atoms with Gasteiger partial charge in [-0.15, -0.1) is 11.3 Å². The molecule has 1 aliphatic rings. The smallest absolute Gasteiger partial charge is 0.347 e. The van der Waals surface area contributed by atoms with Crippen molar-refractivity contribution in [1.29, 1.82) is 0 Å². The van der Waals surface area contributed by atoms with Crippen LogP contribution in [0.4, 0.5) is 4.79 Å². The van der Waals surface area contributed by atoms with Crippen LogP contribution in [0.5, 0.6) is 0 Å². The van der Waals surface area contributed by atoms with Crippen LogP contribution in [0.15, 0.2) is 0 Å². The van der Waals surface area contributed by atoms with Gasteiger partial charge in [-0.3, -0.25) is 0 Å². The summed E-state index contributed by atoms with van der Waals surface area (Å²) in [5, 5.41) is 12.4. The molecule has 21 heavy (non-hydrogen) atoms. The molecule has 0 atom stereocenters. The number of carboxylic acid groups (broad SMARTS) is 1. The Hall–Kier alpha value is -1.28. The van der Waals surface area contributed by atoms with Crippen LogP contribution >= 0.6 is 23.1 Å². The van der Waals surface area contributed by atoms with Gasteiger partial charge in [-0.25, -0.2) is 14.6 Å². The molecule has 0 radical (unpaired) electrons. The normalized spacial score (nSPS) is 17.6. The monoisotopic (exact) mass is 329 g/mol. The first kappa shape index (κ1) is 16.1. The van der Waals surface area contributed by atoms with Crippen molar-refractivity contribution in [3.05, 3.63) is 15.6 Å². The molecule has 1 aliphatic heterocycles. The molecule has 0 bridgehead atoms. The number of nitrogens with one attached hydrogen (secondary N) is 1. The summed E-state index contributed by atoms with van der Waals surface area (Å²) in [4.78, 5) is 29.3. The summed E-state index contributed by atoms with van der Waals surface area (Å²) in [5.41, 5.74) is 0.493. The Balaban J connectivity index is 1.92. The summed E-state index contributed by atoms with van der Waals surface area (Å²) >= 11 is 2.98. The molecule has 0 aliphatic carbocycles. The first-order chi connectivity index (χ1) is 9.78. The van der Waals surface area contributed by atoms with E-state index in [2.05, 4.69) is 24.1 Å². The highest BCUT2D eigenvalue weighted by molar-refractivity contribution is 8.00. The van der Waals surface area contributed by atoms with Crippen molar-refractivity contribution in [1.82, 2.24) is 15.2 Å². The van der Waals surface area contributed by atoms with Gasteiger partial charge in [0.2, 0.25) is 0 Å². The SMILES string of the molecule is Cc1nc(CNC(=O)N2CCSC(C)(C)C2)sc1C(=O)O. The second-order valence-electron chi connectivity index (χ2n) is 5.52. The molecule has 0 unspecified atom stereocenters. The number of thioether (sulfide) groups is 1. The van der Waals surface area contributed by atoms with E-state index in [1.165, 1.54) is 0 Å². The number of aromatic nitrogens is 1. The van der Waals surface area contributed by atoms with Crippen LogP contribution in [0.2, 0.25) is 0 Å². The van der Waals surface area contributed by atoms with E-state index in [0.717, 1.165) is 23.6 Å². The number of aromatic carboxylic acids is 1. The molecule has 0 saturated carbocycles. The zero-order chi connectivity index (χ0) is 15.6. The summed E-state index contributed by atoms with van der Waals surface area (Å²) in [5.74, 6) is -0.0441. The lowest BCUT2D eigenvalue weighted by molar-refractivity contribution is 0.0701. The van der Waals surface area contributed by atoms with Gasteiger partial charge < -0.3 is 15.3 Å². The average molecular weight is 329 g/mol. The minimum absolute atomic E-state index is 0.0733. The maximum Gasteiger partial charge on any atom is 0.347 e. The van der Waals surface area contributed by atoms with Crippen molar-refractivity contribution in [2.75, 3.05) is 18.8 Å². The van der Waals surface area contributed by atoms with Gasteiger partial charge in [0.05, 0.1) is 12.2 Å². The molecule has 1 aromatic heterocycles. The van der Waals surface area contributed by atoms with Crippen molar-refractivity contribution in [3.8, 4) is 0 Å². The number of hydrogen-bond donors (Lipinski definition) is 2. The van der Waals surface area contributed by atoms with Crippen LogP contribution in [0.1, 0.15) is 34.2 Å². The van der Waals surface area contributed by atoms with Crippen molar-refractivity contribution in [3.63, 3.8) is 0 Å². The van der Waals surface area contributed by atoms with E-state index >= 15 is 0 Å². The standard InChI is InChI=1S/C13H19N3O3S2/c1-8-10(11(17)18)21-9(15-8)6-14-12(19)16-4-5-20-13(2,3)7-16/h4-7H2,1-3H3,(H,14,19)(H,17,18). The van der Waals surface area contributed by atoms with E-state index in [9.17, 15) is 9.59 Å². The number of rotatable bonds is 3. The molecule has 1 fully saturated rings. The highest BCUT2D eigenvalue weighted by Crippen LogP contribution is 2.29. The number of amides is 2. The first-order valence-electron chi connectivity index (χ1n) is 6.65. The summed E-state index contributed by atoms with van der Waals surface area (Å²) < 4.78 is 0.0733. The maximum absolute atomic E-state index is 12.2. The van der Waals surface area contributed by atoms with Gasteiger partial charge in [0, 0.05) is 23.6 Å². The van der Waals surface area contributed by atoms with E-state index in [0.29, 0.717) is 17.2 Å². The molecule has 1 saturated heterocycles. The third-order valence-corrected chi connectivity index (χ3v) is 5.58. The average Bonchev–Trinajstić information content (AvgIpc) is 2.76. The third kappa shape index (κ3) is 4.10. The Bertz CT molecular complexity index is 557. The molecule has 2 amide bonds. The maximum atomic E-state index is 12.2. The predicted molar refractivity (Wildman–Crippen MR) is 84.2 cm³/mol. The summed E-state index contributed by atoms with van der Waals surface area (Å²) in [6, 6.07) is -0.117. The fourth-order valence-corrected chi connectivity index (χ4v) is 4.13. The van der Waals surface area contributed by atoms with Crippen molar-refractivity contribution >= 4 is 35.1 Å². The Morgan fingerprint density at radius 1 is 1.48 bits per heavy atom. The lowest BCUT2D eigenvalue weighted by atomic mass is 10.2. The fourth-order valence-electron chi connectivity index (χ4n) is 2.18. The molecule has 2 heterocycles. The summed E-state index contributed by atoms with van der Waals surface area (Å²) in [6.45, 7) is 7.62. The Morgan fingerprint density at radius 3 is 2.76 bits per heavy atom. The largest absolute Gasteiger partial charge is 0.477 e. The van der Waals surface area contributed by atoms with Crippen LogP contribution in [-0.2, 0) is 6.54 Å². The second-order valence-corrected chi connectivity index (χ2v) is 8.40. The van der Waals surface area contributed by atoms with E-state index in [1.807, 2.05) is 11.8 Å². The molecule has 116 valence electrons. The van der Waals surface area contributed by atoms with Gasteiger partial charge in [0.1, 0.15) is 9.88 Å². The van der Waals surface area contributed by atoms with Gasteiger partial charge in [0.15, 0.2) is 0 Å². The van der Waals surface area contributed by atoms with Crippen LogP contribution in [0.3, 0.4) is 0 Å². The van der Waals surface area contributed by atoms with Gasteiger partial charge in [-0.2, -0.15) is 11.8 Å². The first-order valence-corrected chi connectivity index (χ1v) is 8.45. The second kappa shape index (κ2) is 6.23. The number of nitrogens with zero attached hydrogens (tertiary/aromatic N) is 2. The number of carbonyl (C=O) groups is 2. The van der Waals surface area contributed by atoms with Gasteiger partial charge in [-0.05, 0) is 20.8 Å². The number of aryl methyl sites for hydroxylation is 1. The van der Waals surface area contributed by atoms with Gasteiger partial charge in [0.25, 0.3) is 0 Å². The van der Waals surface area contributed by atoms with Crippen LogP contribution < -0.4 is 5.32 Å². The molecule has 2 N–H and O–H groups in total. The topological polar surface area (TPSA) is 82.5 Å². The zero-order valence-corrected chi connectivity index (χ0v) is 13.9. The highest BCUT2D eigenvalue weighted by Gasteiger charge is 2.29. The Morgan fingerprint density at radius 2 is 2.19 bits per heavy atom. The number of urea groups is 1. The Kier molecular flexibility index (Phi) is 4.77. The summed E-state index contributed by atoms with van der Waals surface area (Å²) in [7, 11) is 0. The van der Waals surface area contributed by atoms with E-state index in [4.69, 9.17) is 5.11 Å². The van der Waals surface area contributed by atoms with Crippen molar-refractivity contribution in [2.45, 2.75) is 32.1 Å². The van der Waals surface area contributed by atoms with Crippen molar-refractivity contribution < 1.29 is 14.7 Å². The lowest BCUT2D eigenvalue weighted by Crippen LogP contribution is -2.49. The van der Waals surface area contributed by atoms with Crippen LogP contribution in [0, 0.1) is 6.92 Å². The molecule has 6 nitrogen and oxygen atoms in total. The molecule has 2 rings (SSSR count). The fraction of sp³-hybridized carbons (Fsp3) is 0.615. The van der Waals surface area contributed by atoms with E-state index in [-0.39, 0.29) is 22.2 Å². The van der Waals surface area contributed by atoms with Crippen LogP contribution in [0.25, 0.3) is 0 Å². The van der Waals surface area contributed by atoms with Crippen LogP contribution in [-0.4, -0.2) is 50.6 Å². The zero-order valence-electron chi connectivity index (χ0n) is 12.3. The molecular formula is C13H19N3O3S2. The van der Waals surface area contributed by atoms with Gasteiger partial charge in [-0.1, -0.05) is 0 Å². The minimum atomic E-state index is -0.975. The van der Waals surface area contributed by atoms with Crippen molar-refractivity contribution in [2.24, 2.45) is 0 Å². The molecule has 1 aromatic rings. The third-order valence-electron chi connectivity index (χ3n) is 3.14. The number of thiazole rings is 1. The molecule has 0 aromatic carbocycles. The predicted octanol–water partition coefficient (Wildman–Crippen LogP) is 2.19. The quantitative estimate of drug-likeness (QED) is 0.888. The minimum Gasteiger partial charge on any atom is -0.477 e. The van der Waals surface area contributed by atoms with E-state index in [1.54, 1.807) is 11.8 Å². The number of hydrogen-bond acceptors (Lipinski definition) is 5. The Labute approximate surface area is 131 Å². The summed E-state index contributed by atoms with van der Waals surface area (Å²) in [6.07, 6.45) is 0. The van der Waals surface area contributed by atoms with E-state index < -0.39 is 5.97 Å². The lowest BCUT2D eigenvalue weighted by Gasteiger charge is -2.37. The number of carbonyl (C=O) groups excluding carboxylic acids is 1. The molecular weight excluding hydrogens is 310 g/mol. The van der Waals surface area contributed by atoms with Gasteiger partial charge >= 0.3 is 12.0 Å². The highest BCUT2D eigenvalue weighted by atomic mass is 32.2.